The fourth-order valence-electron chi connectivity index (χ4n) is 2.98. The highest BCUT2D eigenvalue weighted by atomic mass is 35.5. The number of likely N-dealkylation sites (tertiary alicyclic amines) is 1. The zero-order valence-electron chi connectivity index (χ0n) is 15.0. The molecule has 2 aromatic rings. The molecule has 1 fully saturated rings. The maximum Gasteiger partial charge on any atom is 0.261 e. The molecule has 1 aliphatic heterocycles. The second kappa shape index (κ2) is 8.51. The number of benzene rings is 1. The van der Waals surface area contributed by atoms with Crippen molar-refractivity contribution in [3.63, 3.8) is 0 Å². The normalized spacial score (nSPS) is 17.5. The predicted molar refractivity (Wildman–Crippen MR) is 96.9 cm³/mol. The maximum absolute atomic E-state index is 12.7. The van der Waals surface area contributed by atoms with Crippen LogP contribution >= 0.6 is 11.6 Å². The van der Waals surface area contributed by atoms with Crippen molar-refractivity contribution in [1.29, 1.82) is 0 Å². The van der Waals surface area contributed by atoms with Crippen LogP contribution in [0.1, 0.15) is 37.1 Å². The molecule has 8 heteroatoms. The second-order valence-electron chi connectivity index (χ2n) is 6.61. The van der Waals surface area contributed by atoms with Crippen LogP contribution in [-0.4, -0.2) is 53.2 Å². The van der Waals surface area contributed by atoms with Gasteiger partial charge in [-0.15, -0.1) is 10.2 Å². The fraction of sp³-hybridized carbons (Fsp3) is 0.500. The third-order valence-electron chi connectivity index (χ3n) is 4.22. The molecule has 1 unspecified atom stereocenters. The summed E-state index contributed by atoms with van der Waals surface area (Å²) < 4.78 is 11.4. The molecule has 0 aliphatic carbocycles. The number of carbonyl (C=O) groups is 1. The Morgan fingerprint density at radius 2 is 2.08 bits per heavy atom. The summed E-state index contributed by atoms with van der Waals surface area (Å²) in [7, 11) is 3.88. The lowest BCUT2D eigenvalue weighted by molar-refractivity contribution is -0.137. The van der Waals surface area contributed by atoms with Crippen molar-refractivity contribution in [2.75, 3.05) is 27.2 Å². The minimum Gasteiger partial charge on any atom is -0.484 e. The van der Waals surface area contributed by atoms with Crippen molar-refractivity contribution < 1.29 is 13.9 Å². The number of amides is 1. The average molecular weight is 379 g/mol. The molecular formula is C18H23ClN4O3. The van der Waals surface area contributed by atoms with Crippen LogP contribution < -0.4 is 4.74 Å². The number of piperidine rings is 1. The summed E-state index contributed by atoms with van der Waals surface area (Å²) in [4.78, 5) is 16.4. The highest BCUT2D eigenvalue weighted by Crippen LogP contribution is 2.30. The van der Waals surface area contributed by atoms with Crippen LogP contribution in [0.5, 0.6) is 5.75 Å². The summed E-state index contributed by atoms with van der Waals surface area (Å²) in [6.07, 6.45) is 2.80. The topological polar surface area (TPSA) is 71.7 Å². The Morgan fingerprint density at radius 3 is 2.81 bits per heavy atom. The van der Waals surface area contributed by atoms with Gasteiger partial charge in [0.05, 0.1) is 6.54 Å². The Hall–Kier alpha value is -2.12. The fourth-order valence-corrected chi connectivity index (χ4v) is 3.11. The molecule has 3 rings (SSSR count). The zero-order chi connectivity index (χ0) is 18.5. The first-order valence-corrected chi connectivity index (χ1v) is 9.05. The van der Waals surface area contributed by atoms with E-state index in [1.807, 2.05) is 19.0 Å². The SMILES string of the molecule is CN(C)Cc1nnc(C2CCCCN2C(=O)COc2ccc(Cl)cc2)o1. The lowest BCUT2D eigenvalue weighted by Crippen LogP contribution is -2.41. The highest BCUT2D eigenvalue weighted by Gasteiger charge is 2.32. The van der Waals surface area contributed by atoms with Gasteiger partial charge in [-0.3, -0.25) is 4.79 Å². The molecule has 26 heavy (non-hydrogen) atoms. The molecule has 1 atom stereocenters. The lowest BCUT2D eigenvalue weighted by Gasteiger charge is -2.33. The number of halogens is 1. The summed E-state index contributed by atoms with van der Waals surface area (Å²) in [6.45, 7) is 1.21. The van der Waals surface area contributed by atoms with E-state index in [1.54, 1.807) is 29.2 Å². The first-order chi connectivity index (χ1) is 12.5. The van der Waals surface area contributed by atoms with Gasteiger partial charge in [-0.1, -0.05) is 11.6 Å². The molecule has 0 N–H and O–H groups in total. The Labute approximate surface area is 157 Å². The van der Waals surface area contributed by atoms with E-state index in [-0.39, 0.29) is 18.6 Å². The van der Waals surface area contributed by atoms with Crippen molar-refractivity contribution in [3.8, 4) is 5.75 Å². The van der Waals surface area contributed by atoms with Gasteiger partial charge in [0.15, 0.2) is 6.61 Å². The van der Waals surface area contributed by atoms with E-state index in [4.69, 9.17) is 20.8 Å². The number of nitrogens with zero attached hydrogens (tertiary/aromatic N) is 4. The first-order valence-electron chi connectivity index (χ1n) is 8.68. The maximum atomic E-state index is 12.7. The summed E-state index contributed by atoms with van der Waals surface area (Å²) >= 11 is 5.86. The van der Waals surface area contributed by atoms with Crippen LogP contribution in [0.2, 0.25) is 5.02 Å². The number of hydrogen-bond donors (Lipinski definition) is 0. The van der Waals surface area contributed by atoms with Gasteiger partial charge >= 0.3 is 0 Å². The van der Waals surface area contributed by atoms with Gasteiger partial charge in [0, 0.05) is 11.6 Å². The molecular weight excluding hydrogens is 356 g/mol. The standard InChI is InChI=1S/C18H23ClN4O3/c1-22(2)11-16-20-21-18(26-16)15-5-3-4-10-23(15)17(24)12-25-14-8-6-13(19)7-9-14/h6-9,15H,3-5,10-12H2,1-2H3. The van der Waals surface area contributed by atoms with Gasteiger partial charge in [-0.2, -0.15) is 0 Å². The van der Waals surface area contributed by atoms with E-state index >= 15 is 0 Å². The number of ether oxygens (including phenoxy) is 1. The average Bonchev–Trinajstić information content (AvgIpc) is 3.08. The number of hydrogen-bond acceptors (Lipinski definition) is 6. The van der Waals surface area contributed by atoms with Gasteiger partial charge in [-0.05, 0) is 57.6 Å². The molecule has 0 saturated carbocycles. The molecule has 1 aliphatic rings. The number of rotatable bonds is 6. The molecule has 2 heterocycles. The van der Waals surface area contributed by atoms with Crippen molar-refractivity contribution in [2.24, 2.45) is 0 Å². The van der Waals surface area contributed by atoms with Gasteiger partial charge in [0.25, 0.3) is 5.91 Å². The predicted octanol–water partition coefficient (Wildman–Crippen LogP) is 2.92. The van der Waals surface area contributed by atoms with E-state index in [2.05, 4.69) is 10.2 Å². The molecule has 0 spiro atoms. The smallest absolute Gasteiger partial charge is 0.261 e. The summed E-state index contributed by atoms with van der Waals surface area (Å²) in [5.74, 6) is 1.58. The van der Waals surface area contributed by atoms with Crippen LogP contribution in [0.4, 0.5) is 0 Å². The van der Waals surface area contributed by atoms with Crippen molar-refractivity contribution >= 4 is 17.5 Å². The summed E-state index contributed by atoms with van der Waals surface area (Å²) in [6, 6.07) is 6.77. The minimum absolute atomic E-state index is 0.0309. The van der Waals surface area contributed by atoms with Crippen LogP contribution in [0, 0.1) is 0 Å². The van der Waals surface area contributed by atoms with Gasteiger partial charge in [0.2, 0.25) is 11.8 Å². The van der Waals surface area contributed by atoms with E-state index in [1.165, 1.54) is 0 Å². The molecule has 140 valence electrons. The zero-order valence-corrected chi connectivity index (χ0v) is 15.8. The van der Waals surface area contributed by atoms with Crippen LogP contribution in [0.25, 0.3) is 0 Å². The quantitative estimate of drug-likeness (QED) is 0.769. The summed E-state index contributed by atoms with van der Waals surface area (Å²) in [5, 5.41) is 8.88. The van der Waals surface area contributed by atoms with E-state index in [9.17, 15) is 4.79 Å². The first kappa shape index (κ1) is 18.7. The van der Waals surface area contributed by atoms with Crippen molar-refractivity contribution in [2.45, 2.75) is 31.8 Å². The third-order valence-corrected chi connectivity index (χ3v) is 4.47. The Bertz CT molecular complexity index is 732. The van der Waals surface area contributed by atoms with Gasteiger partial charge < -0.3 is 19.0 Å². The number of aromatic nitrogens is 2. The molecule has 1 aromatic heterocycles. The molecule has 1 aromatic carbocycles. The molecule has 1 amide bonds. The van der Waals surface area contributed by atoms with Crippen molar-refractivity contribution in [1.82, 2.24) is 20.0 Å². The highest BCUT2D eigenvalue weighted by molar-refractivity contribution is 6.30. The van der Waals surface area contributed by atoms with E-state index in [0.29, 0.717) is 35.6 Å². The van der Waals surface area contributed by atoms with E-state index < -0.39 is 0 Å². The third kappa shape index (κ3) is 4.74. The lowest BCUT2D eigenvalue weighted by atomic mass is 10.0. The number of carbonyl (C=O) groups excluding carboxylic acids is 1. The van der Waals surface area contributed by atoms with Crippen LogP contribution in [0.15, 0.2) is 28.7 Å². The molecule has 0 radical (unpaired) electrons. The Kier molecular flexibility index (Phi) is 6.11. The second-order valence-corrected chi connectivity index (χ2v) is 7.05. The van der Waals surface area contributed by atoms with Crippen molar-refractivity contribution in [3.05, 3.63) is 41.1 Å². The largest absolute Gasteiger partial charge is 0.484 e. The monoisotopic (exact) mass is 378 g/mol. The van der Waals surface area contributed by atoms with Crippen LogP contribution in [-0.2, 0) is 11.3 Å². The van der Waals surface area contributed by atoms with Gasteiger partial charge in [0.1, 0.15) is 11.8 Å². The van der Waals surface area contributed by atoms with Gasteiger partial charge in [-0.25, -0.2) is 0 Å². The Balaban J connectivity index is 1.64. The van der Waals surface area contributed by atoms with E-state index in [0.717, 1.165) is 19.3 Å². The summed E-state index contributed by atoms with van der Waals surface area (Å²) in [5.41, 5.74) is 0. The van der Waals surface area contributed by atoms with Crippen LogP contribution in [0.3, 0.4) is 0 Å². The molecule has 1 saturated heterocycles. The molecule has 7 nitrogen and oxygen atoms in total. The molecule has 0 bridgehead atoms. The minimum atomic E-state index is -0.187. The Morgan fingerprint density at radius 1 is 1.31 bits per heavy atom.